The van der Waals surface area contributed by atoms with Crippen molar-refractivity contribution in [3.8, 4) is 0 Å². The summed E-state index contributed by atoms with van der Waals surface area (Å²) in [5, 5.41) is 9.38. The highest BCUT2D eigenvalue weighted by Crippen LogP contribution is 2.22. The van der Waals surface area contributed by atoms with Gasteiger partial charge >= 0.3 is 0 Å². The van der Waals surface area contributed by atoms with Crippen LogP contribution < -0.4 is 4.90 Å². The summed E-state index contributed by atoms with van der Waals surface area (Å²) < 4.78 is 0. The third-order valence-corrected chi connectivity index (χ3v) is 3.41. The molecular weight excluding hydrogens is 224 g/mol. The van der Waals surface area contributed by atoms with Gasteiger partial charge in [0.25, 0.3) is 0 Å². The van der Waals surface area contributed by atoms with Gasteiger partial charge in [0, 0.05) is 44.0 Å². The lowest BCUT2D eigenvalue weighted by atomic mass is 10.1. The van der Waals surface area contributed by atoms with Gasteiger partial charge < -0.3 is 10.0 Å². The molecule has 1 fully saturated rings. The molecule has 0 unspecified atom stereocenters. The molecule has 1 aromatic carbocycles. The predicted octanol–water partition coefficient (Wildman–Crippen LogP) is 1.92. The molecule has 1 radical (unpaired) electrons. The predicted molar refractivity (Wildman–Crippen MR) is 75.6 cm³/mol. The highest BCUT2D eigenvalue weighted by Gasteiger charge is 2.19. The number of anilines is 1. The lowest BCUT2D eigenvalue weighted by Crippen LogP contribution is -2.47. The molecule has 0 spiro atoms. The Kier molecular flexibility index (Phi) is 4.61. The number of hydrogen-bond donors (Lipinski definition) is 1. The van der Waals surface area contributed by atoms with Crippen LogP contribution in [0, 0.1) is 5.92 Å². The third kappa shape index (κ3) is 3.24. The largest absolute Gasteiger partial charge is 0.392 e. The zero-order valence-corrected chi connectivity index (χ0v) is 11.4. The lowest BCUT2D eigenvalue weighted by molar-refractivity contribution is 0.264. The van der Waals surface area contributed by atoms with Gasteiger partial charge in [0.1, 0.15) is 0 Å². The van der Waals surface area contributed by atoms with Gasteiger partial charge in [-0.15, -0.1) is 0 Å². The van der Waals surface area contributed by atoms with E-state index in [1.807, 2.05) is 18.2 Å². The summed E-state index contributed by atoms with van der Waals surface area (Å²) in [6.07, 6.45) is 0. The summed E-state index contributed by atoms with van der Waals surface area (Å²) in [6, 6.07) is 8.15. The van der Waals surface area contributed by atoms with Crippen LogP contribution >= 0.6 is 0 Å². The Hall–Kier alpha value is -1.06. The topological polar surface area (TPSA) is 26.7 Å². The van der Waals surface area contributed by atoms with Crippen molar-refractivity contribution in [2.24, 2.45) is 0 Å². The number of aliphatic hydroxyl groups excluding tert-OH is 1. The Bertz CT molecular complexity index is 371. The van der Waals surface area contributed by atoms with Crippen molar-refractivity contribution in [3.05, 3.63) is 35.7 Å². The zero-order valence-electron chi connectivity index (χ0n) is 11.4. The Morgan fingerprint density at radius 1 is 1.11 bits per heavy atom. The quantitative estimate of drug-likeness (QED) is 0.880. The fourth-order valence-electron chi connectivity index (χ4n) is 2.55. The molecule has 99 valence electrons. The molecule has 1 N–H and O–H groups in total. The standard InChI is InChI=1S/C15H23N2O/c1-13(2)11-16-7-9-17(10-8-16)15-6-4-3-5-14(15)12-18/h3-6,18H,7-12H2,1-2H3. The van der Waals surface area contributed by atoms with Gasteiger partial charge in [0.15, 0.2) is 0 Å². The second-order valence-corrected chi connectivity index (χ2v) is 5.26. The van der Waals surface area contributed by atoms with Crippen LogP contribution in [0.4, 0.5) is 5.69 Å². The van der Waals surface area contributed by atoms with Crippen LogP contribution in [0.3, 0.4) is 0 Å². The molecule has 0 saturated carbocycles. The van der Waals surface area contributed by atoms with E-state index in [1.165, 1.54) is 11.6 Å². The van der Waals surface area contributed by atoms with E-state index >= 15 is 0 Å². The average Bonchev–Trinajstić information content (AvgIpc) is 2.39. The first-order chi connectivity index (χ1) is 8.70. The van der Waals surface area contributed by atoms with Gasteiger partial charge in [-0.3, -0.25) is 4.90 Å². The number of para-hydroxylation sites is 1. The maximum Gasteiger partial charge on any atom is 0.0702 e. The molecule has 18 heavy (non-hydrogen) atoms. The van der Waals surface area contributed by atoms with Crippen molar-refractivity contribution in [3.63, 3.8) is 0 Å². The van der Waals surface area contributed by atoms with Crippen LogP contribution in [0.25, 0.3) is 0 Å². The third-order valence-electron chi connectivity index (χ3n) is 3.41. The van der Waals surface area contributed by atoms with Crippen LogP contribution in [0.1, 0.15) is 19.4 Å². The minimum atomic E-state index is 0.123. The van der Waals surface area contributed by atoms with Gasteiger partial charge in [-0.25, -0.2) is 0 Å². The van der Waals surface area contributed by atoms with Crippen LogP contribution in [-0.4, -0.2) is 42.7 Å². The van der Waals surface area contributed by atoms with Gasteiger partial charge in [-0.1, -0.05) is 32.0 Å². The van der Waals surface area contributed by atoms with Crippen LogP contribution in [0.5, 0.6) is 0 Å². The lowest BCUT2D eigenvalue weighted by Gasteiger charge is -2.37. The van der Waals surface area contributed by atoms with Crippen LogP contribution in [0.15, 0.2) is 24.3 Å². The monoisotopic (exact) mass is 247 g/mol. The highest BCUT2D eigenvalue weighted by molar-refractivity contribution is 5.53. The summed E-state index contributed by atoms with van der Waals surface area (Å²) in [5.74, 6) is 1.47. The Morgan fingerprint density at radius 3 is 2.39 bits per heavy atom. The summed E-state index contributed by atoms with van der Waals surface area (Å²) in [5.41, 5.74) is 2.22. The van der Waals surface area contributed by atoms with E-state index < -0.39 is 0 Å². The highest BCUT2D eigenvalue weighted by atomic mass is 16.3. The first-order valence-corrected chi connectivity index (χ1v) is 6.66. The van der Waals surface area contributed by atoms with Crippen molar-refractivity contribution in [1.82, 2.24) is 4.90 Å². The van der Waals surface area contributed by atoms with Crippen molar-refractivity contribution in [1.29, 1.82) is 0 Å². The van der Waals surface area contributed by atoms with E-state index in [-0.39, 0.29) is 6.61 Å². The number of hydrogen-bond acceptors (Lipinski definition) is 3. The SMILES string of the molecule is C[C](C)CN1CCN(c2ccccc2CO)CC1. The first-order valence-electron chi connectivity index (χ1n) is 6.66. The summed E-state index contributed by atoms with van der Waals surface area (Å²) >= 11 is 0. The van der Waals surface area contributed by atoms with E-state index in [2.05, 4.69) is 29.7 Å². The molecule has 0 aromatic heterocycles. The molecule has 0 amide bonds. The molecule has 0 aliphatic carbocycles. The molecule has 1 aromatic rings. The first kappa shape index (κ1) is 13.4. The van der Waals surface area contributed by atoms with E-state index in [0.717, 1.165) is 38.3 Å². The summed E-state index contributed by atoms with van der Waals surface area (Å²) in [6.45, 7) is 9.90. The number of piperazine rings is 1. The normalized spacial score (nSPS) is 17.4. The van der Waals surface area contributed by atoms with Gasteiger partial charge in [-0.05, 0) is 12.0 Å². The minimum Gasteiger partial charge on any atom is -0.392 e. The Labute approximate surface area is 110 Å². The molecule has 1 aliphatic heterocycles. The molecule has 0 bridgehead atoms. The molecule has 1 saturated heterocycles. The maximum absolute atomic E-state index is 9.38. The van der Waals surface area contributed by atoms with E-state index in [4.69, 9.17) is 0 Å². The van der Waals surface area contributed by atoms with Crippen LogP contribution in [-0.2, 0) is 6.61 Å². The number of rotatable bonds is 4. The zero-order chi connectivity index (χ0) is 13.0. The van der Waals surface area contributed by atoms with E-state index in [1.54, 1.807) is 0 Å². The Morgan fingerprint density at radius 2 is 1.78 bits per heavy atom. The molecule has 1 heterocycles. The minimum absolute atomic E-state index is 0.123. The van der Waals surface area contributed by atoms with Gasteiger partial charge in [-0.2, -0.15) is 0 Å². The fourth-order valence-corrected chi connectivity index (χ4v) is 2.55. The average molecular weight is 247 g/mol. The second-order valence-electron chi connectivity index (χ2n) is 5.26. The number of nitrogens with zero attached hydrogens (tertiary/aromatic N) is 2. The van der Waals surface area contributed by atoms with Crippen molar-refractivity contribution < 1.29 is 5.11 Å². The molecule has 3 heteroatoms. The van der Waals surface area contributed by atoms with E-state index in [0.29, 0.717) is 0 Å². The smallest absolute Gasteiger partial charge is 0.0702 e. The fraction of sp³-hybridized carbons (Fsp3) is 0.533. The molecule has 0 atom stereocenters. The molecule has 1 aliphatic rings. The van der Waals surface area contributed by atoms with Gasteiger partial charge in [0.2, 0.25) is 0 Å². The van der Waals surface area contributed by atoms with Crippen molar-refractivity contribution in [2.75, 3.05) is 37.6 Å². The Balaban J connectivity index is 1.97. The summed E-state index contributed by atoms with van der Waals surface area (Å²) in [7, 11) is 0. The second kappa shape index (κ2) is 6.21. The maximum atomic E-state index is 9.38. The van der Waals surface area contributed by atoms with E-state index in [9.17, 15) is 5.11 Å². The number of benzene rings is 1. The summed E-state index contributed by atoms with van der Waals surface area (Å²) in [4.78, 5) is 4.88. The molecule has 3 nitrogen and oxygen atoms in total. The van der Waals surface area contributed by atoms with Crippen LogP contribution in [0.2, 0.25) is 0 Å². The van der Waals surface area contributed by atoms with Crippen molar-refractivity contribution in [2.45, 2.75) is 20.5 Å². The molecule has 2 rings (SSSR count). The molecular formula is C15H23N2O. The number of aliphatic hydroxyl groups is 1. The van der Waals surface area contributed by atoms with Gasteiger partial charge in [0.05, 0.1) is 6.61 Å². The van der Waals surface area contributed by atoms with Crippen molar-refractivity contribution >= 4 is 5.69 Å².